The van der Waals surface area contributed by atoms with E-state index in [9.17, 15) is 9.59 Å². The minimum Gasteiger partial charge on any atom is -0.482 e. The molecule has 0 aliphatic rings. The summed E-state index contributed by atoms with van der Waals surface area (Å²) in [7, 11) is 1.56. The fraction of sp³-hybridized carbons (Fsp3) is 0.263. The zero-order chi connectivity index (χ0) is 18.2. The predicted molar refractivity (Wildman–Crippen MR) is 99.0 cm³/mol. The Morgan fingerprint density at radius 1 is 1.12 bits per heavy atom. The first-order valence-corrected chi connectivity index (χ1v) is 8.38. The number of likely N-dealkylation sites (N-methyl/N-ethyl adjacent to an activating group) is 1. The van der Waals surface area contributed by atoms with Crippen molar-refractivity contribution in [3.63, 3.8) is 0 Å². The Kier molecular flexibility index (Phi) is 6.83. The molecule has 2 aromatic rings. The Labute approximate surface area is 152 Å². The van der Waals surface area contributed by atoms with Gasteiger partial charge in [-0.05, 0) is 30.2 Å². The molecule has 0 heterocycles. The topological polar surface area (TPSA) is 58.6 Å². The molecular weight excluding hydrogens is 340 g/mol. The van der Waals surface area contributed by atoms with Gasteiger partial charge in [-0.15, -0.1) is 0 Å². The van der Waals surface area contributed by atoms with Gasteiger partial charge in [0.2, 0.25) is 5.91 Å². The third-order valence-corrected chi connectivity index (χ3v) is 3.98. The van der Waals surface area contributed by atoms with Crippen LogP contribution >= 0.6 is 11.6 Å². The van der Waals surface area contributed by atoms with Crippen LogP contribution in [-0.2, 0) is 16.0 Å². The SMILES string of the molecule is CCc1ccccc1NC(=O)CN(C)C(=O)COc1ccccc1Cl. The van der Waals surface area contributed by atoms with Crippen LogP contribution in [0.3, 0.4) is 0 Å². The largest absolute Gasteiger partial charge is 0.482 e. The molecular formula is C19H21ClN2O3. The molecule has 6 heteroatoms. The summed E-state index contributed by atoms with van der Waals surface area (Å²) in [4.78, 5) is 25.6. The van der Waals surface area contributed by atoms with E-state index in [0.29, 0.717) is 10.8 Å². The quantitative estimate of drug-likeness (QED) is 0.823. The summed E-state index contributed by atoms with van der Waals surface area (Å²) in [6.45, 7) is 1.79. The van der Waals surface area contributed by atoms with Gasteiger partial charge in [0.1, 0.15) is 5.75 Å². The lowest BCUT2D eigenvalue weighted by Gasteiger charge is -2.18. The lowest BCUT2D eigenvalue weighted by atomic mass is 10.1. The monoisotopic (exact) mass is 360 g/mol. The third kappa shape index (κ3) is 5.50. The summed E-state index contributed by atoms with van der Waals surface area (Å²) in [6.07, 6.45) is 0.816. The number of halogens is 1. The first kappa shape index (κ1) is 18.8. The van der Waals surface area contributed by atoms with Gasteiger partial charge in [0.05, 0.1) is 11.6 Å². The summed E-state index contributed by atoms with van der Waals surface area (Å²) in [5.41, 5.74) is 1.81. The van der Waals surface area contributed by atoms with Crippen molar-refractivity contribution in [3.8, 4) is 5.75 Å². The average Bonchev–Trinajstić information content (AvgIpc) is 2.61. The maximum absolute atomic E-state index is 12.2. The highest BCUT2D eigenvalue weighted by atomic mass is 35.5. The highest BCUT2D eigenvalue weighted by Crippen LogP contribution is 2.23. The van der Waals surface area contributed by atoms with Crippen molar-refractivity contribution in [3.05, 3.63) is 59.1 Å². The fourth-order valence-corrected chi connectivity index (χ4v) is 2.45. The average molecular weight is 361 g/mol. The second kappa shape index (κ2) is 9.08. The normalized spacial score (nSPS) is 10.2. The lowest BCUT2D eigenvalue weighted by Crippen LogP contribution is -2.37. The number of carbonyl (C=O) groups is 2. The number of hydrogen-bond acceptors (Lipinski definition) is 3. The number of aryl methyl sites for hydroxylation is 1. The number of hydrogen-bond donors (Lipinski definition) is 1. The number of carbonyl (C=O) groups excluding carboxylic acids is 2. The van der Waals surface area contributed by atoms with Crippen molar-refractivity contribution < 1.29 is 14.3 Å². The first-order chi connectivity index (χ1) is 12.0. The maximum atomic E-state index is 12.2. The van der Waals surface area contributed by atoms with Gasteiger partial charge in [-0.2, -0.15) is 0 Å². The van der Waals surface area contributed by atoms with E-state index in [2.05, 4.69) is 5.32 Å². The Balaban J connectivity index is 1.86. The zero-order valence-corrected chi connectivity index (χ0v) is 15.0. The number of anilines is 1. The molecule has 5 nitrogen and oxygen atoms in total. The van der Waals surface area contributed by atoms with Gasteiger partial charge in [0, 0.05) is 12.7 Å². The van der Waals surface area contributed by atoms with Gasteiger partial charge in [0.25, 0.3) is 5.91 Å². The maximum Gasteiger partial charge on any atom is 0.260 e. The van der Waals surface area contributed by atoms with Crippen LogP contribution in [0, 0.1) is 0 Å². The molecule has 0 saturated heterocycles. The number of benzene rings is 2. The molecule has 0 fully saturated rings. The van der Waals surface area contributed by atoms with E-state index >= 15 is 0 Å². The number of amides is 2. The van der Waals surface area contributed by atoms with Gasteiger partial charge in [-0.1, -0.05) is 48.9 Å². The van der Waals surface area contributed by atoms with Crippen LogP contribution < -0.4 is 10.1 Å². The summed E-state index contributed by atoms with van der Waals surface area (Å²) in [6, 6.07) is 14.5. The van der Waals surface area contributed by atoms with E-state index < -0.39 is 0 Å². The highest BCUT2D eigenvalue weighted by molar-refractivity contribution is 6.32. The summed E-state index contributed by atoms with van der Waals surface area (Å²) >= 11 is 5.98. The third-order valence-electron chi connectivity index (χ3n) is 3.67. The first-order valence-electron chi connectivity index (χ1n) is 8.00. The molecule has 0 saturated carbocycles. The van der Waals surface area contributed by atoms with Crippen molar-refractivity contribution in [1.82, 2.24) is 4.90 Å². The molecule has 2 rings (SSSR count). The van der Waals surface area contributed by atoms with Crippen molar-refractivity contribution in [2.24, 2.45) is 0 Å². The van der Waals surface area contributed by atoms with Gasteiger partial charge >= 0.3 is 0 Å². The smallest absolute Gasteiger partial charge is 0.260 e. The van der Waals surface area contributed by atoms with Crippen LogP contribution in [0.5, 0.6) is 5.75 Å². The molecule has 0 aromatic heterocycles. The lowest BCUT2D eigenvalue weighted by molar-refractivity contribution is -0.135. The highest BCUT2D eigenvalue weighted by Gasteiger charge is 2.15. The van der Waals surface area contributed by atoms with Crippen LogP contribution in [0.2, 0.25) is 5.02 Å². The Morgan fingerprint density at radius 2 is 1.80 bits per heavy atom. The number of nitrogens with zero attached hydrogens (tertiary/aromatic N) is 1. The molecule has 132 valence electrons. The van der Waals surface area contributed by atoms with Crippen molar-refractivity contribution in [2.75, 3.05) is 25.5 Å². The Morgan fingerprint density at radius 3 is 2.52 bits per heavy atom. The van der Waals surface area contributed by atoms with Gasteiger partial charge in [-0.3, -0.25) is 9.59 Å². The van der Waals surface area contributed by atoms with E-state index in [1.165, 1.54) is 4.90 Å². The minimum atomic E-state index is -0.307. The Hall–Kier alpha value is -2.53. The van der Waals surface area contributed by atoms with E-state index in [-0.39, 0.29) is 25.0 Å². The standard InChI is InChI=1S/C19H21ClN2O3/c1-3-14-8-4-6-10-16(14)21-18(23)12-22(2)19(24)13-25-17-11-7-5-9-15(17)20/h4-11H,3,12-13H2,1-2H3,(H,21,23). The molecule has 0 bridgehead atoms. The number of para-hydroxylation sites is 2. The molecule has 0 radical (unpaired) electrons. The van der Waals surface area contributed by atoms with Crippen LogP contribution in [0.15, 0.2) is 48.5 Å². The van der Waals surface area contributed by atoms with Crippen LogP contribution in [0.1, 0.15) is 12.5 Å². The van der Waals surface area contributed by atoms with E-state index in [1.54, 1.807) is 31.3 Å². The van der Waals surface area contributed by atoms with Crippen LogP contribution in [-0.4, -0.2) is 36.9 Å². The molecule has 0 aliphatic carbocycles. The van der Waals surface area contributed by atoms with E-state index in [1.807, 2.05) is 31.2 Å². The molecule has 1 N–H and O–H groups in total. The van der Waals surface area contributed by atoms with E-state index in [0.717, 1.165) is 17.7 Å². The second-order valence-corrected chi connectivity index (χ2v) is 5.93. The summed E-state index contributed by atoms with van der Waals surface area (Å²) in [5.74, 6) is -0.124. The zero-order valence-electron chi connectivity index (χ0n) is 14.3. The van der Waals surface area contributed by atoms with Crippen LogP contribution in [0.4, 0.5) is 5.69 Å². The van der Waals surface area contributed by atoms with Crippen molar-refractivity contribution in [1.29, 1.82) is 0 Å². The minimum absolute atomic E-state index is 0.0528. The Bertz CT molecular complexity index is 749. The van der Waals surface area contributed by atoms with Crippen molar-refractivity contribution in [2.45, 2.75) is 13.3 Å². The van der Waals surface area contributed by atoms with Gasteiger partial charge < -0.3 is 15.0 Å². The van der Waals surface area contributed by atoms with Gasteiger partial charge in [-0.25, -0.2) is 0 Å². The molecule has 0 unspecified atom stereocenters. The summed E-state index contributed by atoms with van der Waals surface area (Å²) < 4.78 is 5.40. The number of nitrogens with one attached hydrogen (secondary N) is 1. The van der Waals surface area contributed by atoms with Crippen LogP contribution in [0.25, 0.3) is 0 Å². The molecule has 2 aromatic carbocycles. The molecule has 0 aliphatic heterocycles. The molecule has 0 atom stereocenters. The predicted octanol–water partition coefficient (Wildman–Crippen LogP) is 3.38. The van der Waals surface area contributed by atoms with Crippen molar-refractivity contribution >= 4 is 29.1 Å². The van der Waals surface area contributed by atoms with E-state index in [4.69, 9.17) is 16.3 Å². The molecule has 25 heavy (non-hydrogen) atoms. The summed E-state index contributed by atoms with van der Waals surface area (Å²) in [5, 5.41) is 3.27. The molecule has 2 amide bonds. The fourth-order valence-electron chi connectivity index (χ4n) is 2.26. The number of ether oxygens (including phenoxy) is 1. The molecule has 0 spiro atoms. The van der Waals surface area contributed by atoms with Gasteiger partial charge in [0.15, 0.2) is 6.61 Å². The number of rotatable bonds is 7. The second-order valence-electron chi connectivity index (χ2n) is 5.53.